The van der Waals surface area contributed by atoms with Crippen LogP contribution >= 0.6 is 0 Å². The molecule has 1 aromatic carbocycles. The molecule has 0 saturated carbocycles. The van der Waals surface area contributed by atoms with Crippen LogP contribution in [0.2, 0.25) is 0 Å². The maximum Gasteiger partial charge on any atom is 0.122 e. The molecule has 2 heterocycles. The normalized spacial score (nSPS) is 10.9. The van der Waals surface area contributed by atoms with Crippen molar-refractivity contribution in [3.05, 3.63) is 60.3 Å². The van der Waals surface area contributed by atoms with Crippen molar-refractivity contribution in [2.75, 3.05) is 0 Å². The van der Waals surface area contributed by atoms with E-state index in [1.807, 2.05) is 18.5 Å². The Morgan fingerprint density at radius 1 is 1.06 bits per heavy atom. The molecule has 4 heteroatoms. The van der Waals surface area contributed by atoms with E-state index < -0.39 is 0 Å². The van der Waals surface area contributed by atoms with Gasteiger partial charge in [-0.2, -0.15) is 0 Å². The van der Waals surface area contributed by atoms with Gasteiger partial charge in [0.2, 0.25) is 0 Å². The van der Waals surface area contributed by atoms with Crippen molar-refractivity contribution >= 4 is 10.9 Å². The van der Waals surface area contributed by atoms with Gasteiger partial charge >= 0.3 is 0 Å². The van der Waals surface area contributed by atoms with Gasteiger partial charge in [-0.25, -0.2) is 4.98 Å². The highest BCUT2D eigenvalue weighted by molar-refractivity contribution is 5.81. The van der Waals surface area contributed by atoms with Gasteiger partial charge in [-0.3, -0.25) is 4.98 Å². The van der Waals surface area contributed by atoms with E-state index in [2.05, 4.69) is 38.8 Å². The number of nitrogens with two attached hydrogens (primary N) is 1. The van der Waals surface area contributed by atoms with E-state index in [0.29, 0.717) is 6.54 Å². The van der Waals surface area contributed by atoms with Crippen LogP contribution in [-0.2, 0) is 13.1 Å². The zero-order valence-corrected chi connectivity index (χ0v) is 9.95. The Labute approximate surface area is 105 Å². The molecule has 2 aromatic heterocycles. The molecule has 0 amide bonds. The predicted octanol–water partition coefficient (Wildman–Crippen LogP) is 1.94. The Kier molecular flexibility index (Phi) is 2.78. The summed E-state index contributed by atoms with van der Waals surface area (Å²) in [6.45, 7) is 1.20. The fourth-order valence-electron chi connectivity index (χ4n) is 2.15. The smallest absolute Gasteiger partial charge is 0.122 e. The monoisotopic (exact) mass is 238 g/mol. The summed E-state index contributed by atoms with van der Waals surface area (Å²) in [6, 6.07) is 10.2. The van der Waals surface area contributed by atoms with Gasteiger partial charge in [-0.1, -0.05) is 24.3 Å². The lowest BCUT2D eigenvalue weighted by atomic mass is 10.1. The Hall–Kier alpha value is -2.20. The van der Waals surface area contributed by atoms with Crippen LogP contribution in [0.4, 0.5) is 0 Å². The van der Waals surface area contributed by atoms with Crippen molar-refractivity contribution in [2.24, 2.45) is 5.73 Å². The minimum atomic E-state index is 0.450. The van der Waals surface area contributed by atoms with Crippen LogP contribution in [0.5, 0.6) is 0 Å². The Morgan fingerprint density at radius 2 is 1.94 bits per heavy atom. The summed E-state index contributed by atoms with van der Waals surface area (Å²) >= 11 is 0. The standard InChI is InChI=1S/C14H14N4/c15-9-13-16-7-8-18(13)10-12-4-1-3-11-5-2-6-17-14(11)12/h1-8H,9-10,15H2. The first-order valence-corrected chi connectivity index (χ1v) is 5.91. The minimum Gasteiger partial charge on any atom is -0.329 e. The van der Waals surface area contributed by atoms with Crippen molar-refractivity contribution in [3.8, 4) is 0 Å². The molecule has 2 N–H and O–H groups in total. The zero-order chi connectivity index (χ0) is 12.4. The maximum absolute atomic E-state index is 5.66. The van der Waals surface area contributed by atoms with Gasteiger partial charge in [0.1, 0.15) is 5.82 Å². The van der Waals surface area contributed by atoms with E-state index in [9.17, 15) is 0 Å². The van der Waals surface area contributed by atoms with Crippen LogP contribution in [0.15, 0.2) is 48.9 Å². The second-order valence-electron chi connectivity index (χ2n) is 4.17. The summed E-state index contributed by atoms with van der Waals surface area (Å²) in [5, 5.41) is 1.16. The van der Waals surface area contributed by atoms with Crippen molar-refractivity contribution < 1.29 is 0 Å². The number of pyridine rings is 1. The quantitative estimate of drug-likeness (QED) is 0.758. The Morgan fingerprint density at radius 3 is 2.83 bits per heavy atom. The predicted molar refractivity (Wildman–Crippen MR) is 71.0 cm³/mol. The number of para-hydroxylation sites is 1. The topological polar surface area (TPSA) is 56.7 Å². The fraction of sp³-hybridized carbons (Fsp3) is 0.143. The number of aromatic nitrogens is 3. The third-order valence-corrected chi connectivity index (χ3v) is 3.04. The van der Waals surface area contributed by atoms with E-state index >= 15 is 0 Å². The molecular weight excluding hydrogens is 224 g/mol. The first-order valence-electron chi connectivity index (χ1n) is 5.91. The summed E-state index contributed by atoms with van der Waals surface area (Å²) in [7, 11) is 0. The molecule has 0 aliphatic heterocycles. The summed E-state index contributed by atoms with van der Waals surface area (Å²) in [5.74, 6) is 0.892. The number of imidazole rings is 1. The second-order valence-corrected chi connectivity index (χ2v) is 4.17. The molecule has 18 heavy (non-hydrogen) atoms. The van der Waals surface area contributed by atoms with Crippen LogP contribution < -0.4 is 5.73 Å². The highest BCUT2D eigenvalue weighted by Gasteiger charge is 2.05. The minimum absolute atomic E-state index is 0.450. The molecule has 0 aliphatic carbocycles. The first kappa shape index (κ1) is 10.9. The van der Waals surface area contributed by atoms with E-state index in [4.69, 9.17) is 5.73 Å². The van der Waals surface area contributed by atoms with Crippen LogP contribution in [0, 0.1) is 0 Å². The van der Waals surface area contributed by atoms with Crippen LogP contribution in [-0.4, -0.2) is 14.5 Å². The van der Waals surface area contributed by atoms with Crippen molar-refractivity contribution in [2.45, 2.75) is 13.1 Å². The average molecular weight is 238 g/mol. The van der Waals surface area contributed by atoms with E-state index in [1.54, 1.807) is 6.20 Å². The van der Waals surface area contributed by atoms with Gasteiger partial charge in [0, 0.05) is 24.0 Å². The van der Waals surface area contributed by atoms with Crippen molar-refractivity contribution in [1.82, 2.24) is 14.5 Å². The number of hydrogen-bond acceptors (Lipinski definition) is 3. The molecule has 0 spiro atoms. The molecule has 0 atom stereocenters. The number of hydrogen-bond donors (Lipinski definition) is 1. The summed E-state index contributed by atoms with van der Waals surface area (Å²) in [5.41, 5.74) is 7.88. The number of benzene rings is 1. The fourth-order valence-corrected chi connectivity index (χ4v) is 2.15. The largest absolute Gasteiger partial charge is 0.329 e. The van der Waals surface area contributed by atoms with Crippen molar-refractivity contribution in [1.29, 1.82) is 0 Å². The van der Waals surface area contributed by atoms with Gasteiger partial charge in [-0.05, 0) is 11.6 Å². The van der Waals surface area contributed by atoms with E-state index in [1.165, 1.54) is 5.56 Å². The SMILES string of the molecule is NCc1nccn1Cc1cccc2cccnc12. The van der Waals surface area contributed by atoms with Crippen LogP contribution in [0.3, 0.4) is 0 Å². The molecular formula is C14H14N4. The number of fused-ring (bicyclic) bond motifs is 1. The molecule has 0 unspecified atom stereocenters. The summed E-state index contributed by atoms with van der Waals surface area (Å²) in [4.78, 5) is 8.68. The zero-order valence-electron chi connectivity index (χ0n) is 9.95. The molecule has 90 valence electrons. The van der Waals surface area contributed by atoms with Gasteiger partial charge < -0.3 is 10.3 Å². The molecule has 3 rings (SSSR count). The Bertz CT molecular complexity index is 667. The first-order chi connectivity index (χ1) is 8.88. The molecule has 4 nitrogen and oxygen atoms in total. The van der Waals surface area contributed by atoms with Gasteiger partial charge in [0.05, 0.1) is 18.6 Å². The lowest BCUT2D eigenvalue weighted by Crippen LogP contribution is -2.09. The van der Waals surface area contributed by atoms with Crippen molar-refractivity contribution in [3.63, 3.8) is 0 Å². The molecule has 0 bridgehead atoms. The van der Waals surface area contributed by atoms with Crippen LogP contribution in [0.25, 0.3) is 10.9 Å². The summed E-state index contributed by atoms with van der Waals surface area (Å²) in [6.07, 6.45) is 5.55. The van der Waals surface area contributed by atoms with E-state index in [0.717, 1.165) is 23.3 Å². The lowest BCUT2D eigenvalue weighted by Gasteiger charge is -2.08. The van der Waals surface area contributed by atoms with E-state index in [-0.39, 0.29) is 0 Å². The highest BCUT2D eigenvalue weighted by atomic mass is 15.1. The molecule has 0 radical (unpaired) electrons. The summed E-state index contributed by atoms with van der Waals surface area (Å²) < 4.78 is 2.06. The maximum atomic E-state index is 5.66. The van der Waals surface area contributed by atoms with Gasteiger partial charge in [0.25, 0.3) is 0 Å². The Balaban J connectivity index is 2.05. The highest BCUT2D eigenvalue weighted by Crippen LogP contribution is 2.17. The van der Waals surface area contributed by atoms with Gasteiger partial charge in [0.15, 0.2) is 0 Å². The number of rotatable bonds is 3. The average Bonchev–Trinajstić information content (AvgIpc) is 2.86. The number of nitrogens with zero attached hydrogens (tertiary/aromatic N) is 3. The van der Waals surface area contributed by atoms with Gasteiger partial charge in [-0.15, -0.1) is 0 Å². The third-order valence-electron chi connectivity index (χ3n) is 3.04. The molecule has 0 fully saturated rings. The molecule has 0 saturated heterocycles. The third kappa shape index (κ3) is 1.87. The molecule has 0 aliphatic rings. The molecule has 3 aromatic rings. The van der Waals surface area contributed by atoms with Crippen LogP contribution in [0.1, 0.15) is 11.4 Å². The lowest BCUT2D eigenvalue weighted by molar-refractivity contribution is 0.726. The second kappa shape index (κ2) is 4.58.